The van der Waals surface area contributed by atoms with Crippen molar-refractivity contribution in [1.29, 1.82) is 0 Å². The van der Waals surface area contributed by atoms with Gasteiger partial charge in [-0.3, -0.25) is 19.5 Å². The number of aromatic nitrogens is 2. The molecule has 1 aromatic carbocycles. The van der Waals surface area contributed by atoms with Crippen molar-refractivity contribution in [2.45, 2.75) is 6.54 Å². The first kappa shape index (κ1) is 13.7. The number of nitro groups is 1. The standard InChI is InChI=1S/C11H7BrClN3O3/c12-9-4-14-6-15(11(9)17)5-7-3-8(13)1-2-10(7)16(18)19/h1-4,6H,5H2. The van der Waals surface area contributed by atoms with Gasteiger partial charge in [0.2, 0.25) is 0 Å². The molecule has 8 heteroatoms. The number of hydrogen-bond donors (Lipinski definition) is 0. The molecule has 0 spiro atoms. The minimum absolute atomic E-state index is 0.0299. The predicted molar refractivity (Wildman–Crippen MR) is 73.4 cm³/mol. The largest absolute Gasteiger partial charge is 0.294 e. The summed E-state index contributed by atoms with van der Waals surface area (Å²) in [6.07, 6.45) is 2.68. The zero-order valence-electron chi connectivity index (χ0n) is 9.42. The van der Waals surface area contributed by atoms with Crippen molar-refractivity contribution in [3.8, 4) is 0 Å². The lowest BCUT2D eigenvalue weighted by Gasteiger charge is -2.06. The second-order valence-corrected chi connectivity index (χ2v) is 5.00. The molecule has 1 aromatic heterocycles. The van der Waals surface area contributed by atoms with Gasteiger partial charge >= 0.3 is 0 Å². The highest BCUT2D eigenvalue weighted by molar-refractivity contribution is 9.10. The zero-order valence-corrected chi connectivity index (χ0v) is 11.8. The molecule has 6 nitrogen and oxygen atoms in total. The van der Waals surface area contributed by atoms with Gasteiger partial charge in [0.05, 0.1) is 23.4 Å². The van der Waals surface area contributed by atoms with E-state index in [9.17, 15) is 14.9 Å². The van der Waals surface area contributed by atoms with Gasteiger partial charge in [-0.05, 0) is 28.1 Å². The van der Waals surface area contributed by atoms with Crippen LogP contribution in [0.3, 0.4) is 0 Å². The molecule has 0 radical (unpaired) electrons. The third-order valence-corrected chi connectivity index (χ3v) is 3.22. The molecule has 0 N–H and O–H groups in total. The highest BCUT2D eigenvalue weighted by Crippen LogP contribution is 2.23. The molecule has 2 rings (SSSR count). The first-order valence-corrected chi connectivity index (χ1v) is 6.29. The van der Waals surface area contributed by atoms with E-state index in [0.29, 0.717) is 15.1 Å². The number of halogens is 2. The van der Waals surface area contributed by atoms with Crippen LogP contribution in [0.1, 0.15) is 5.56 Å². The molecule has 0 aliphatic rings. The molecule has 0 saturated carbocycles. The zero-order chi connectivity index (χ0) is 14.0. The van der Waals surface area contributed by atoms with E-state index in [1.54, 1.807) is 0 Å². The van der Waals surface area contributed by atoms with Gasteiger partial charge in [0.25, 0.3) is 11.2 Å². The van der Waals surface area contributed by atoms with Crippen molar-refractivity contribution < 1.29 is 4.92 Å². The quantitative estimate of drug-likeness (QED) is 0.633. The van der Waals surface area contributed by atoms with Crippen LogP contribution in [-0.2, 0) is 6.54 Å². The van der Waals surface area contributed by atoms with Crippen molar-refractivity contribution >= 4 is 33.2 Å². The lowest BCUT2D eigenvalue weighted by Crippen LogP contribution is -2.21. The van der Waals surface area contributed by atoms with Gasteiger partial charge in [-0.25, -0.2) is 4.98 Å². The summed E-state index contributed by atoms with van der Waals surface area (Å²) >= 11 is 8.89. The van der Waals surface area contributed by atoms with Gasteiger partial charge in [0.15, 0.2) is 0 Å². The van der Waals surface area contributed by atoms with Crippen LogP contribution in [0.4, 0.5) is 5.69 Å². The van der Waals surface area contributed by atoms with Gasteiger partial charge in [-0.15, -0.1) is 0 Å². The molecule has 19 heavy (non-hydrogen) atoms. The van der Waals surface area contributed by atoms with E-state index in [1.165, 1.54) is 35.3 Å². The third-order valence-electron chi connectivity index (χ3n) is 2.44. The molecule has 0 aliphatic heterocycles. The van der Waals surface area contributed by atoms with Gasteiger partial charge in [-0.1, -0.05) is 11.6 Å². The van der Waals surface area contributed by atoms with E-state index in [4.69, 9.17) is 11.6 Å². The molecular formula is C11H7BrClN3O3. The second kappa shape index (κ2) is 5.50. The smallest absolute Gasteiger partial charge is 0.274 e. The van der Waals surface area contributed by atoms with Crippen molar-refractivity contribution in [2.75, 3.05) is 0 Å². The Kier molecular flexibility index (Phi) is 3.96. The van der Waals surface area contributed by atoms with Gasteiger partial charge < -0.3 is 0 Å². The van der Waals surface area contributed by atoms with E-state index < -0.39 is 4.92 Å². The van der Waals surface area contributed by atoms with E-state index >= 15 is 0 Å². The van der Waals surface area contributed by atoms with E-state index in [2.05, 4.69) is 20.9 Å². The molecule has 0 amide bonds. The monoisotopic (exact) mass is 343 g/mol. The average molecular weight is 345 g/mol. The number of rotatable bonds is 3. The van der Waals surface area contributed by atoms with Crippen LogP contribution < -0.4 is 5.56 Å². The Bertz CT molecular complexity index is 702. The maximum Gasteiger partial charge on any atom is 0.274 e. The van der Waals surface area contributed by atoms with Crippen LogP contribution in [0, 0.1) is 10.1 Å². The SMILES string of the molecule is O=c1c(Br)cncn1Cc1cc(Cl)ccc1[N+](=O)[O-]. The van der Waals surface area contributed by atoms with Gasteiger partial charge in [0, 0.05) is 17.3 Å². The van der Waals surface area contributed by atoms with Crippen LogP contribution >= 0.6 is 27.5 Å². The Morgan fingerprint density at radius 2 is 2.21 bits per heavy atom. The topological polar surface area (TPSA) is 78.0 Å². The second-order valence-electron chi connectivity index (χ2n) is 3.70. The van der Waals surface area contributed by atoms with E-state index in [0.717, 1.165) is 0 Å². The summed E-state index contributed by atoms with van der Waals surface area (Å²) in [6, 6.07) is 4.21. The van der Waals surface area contributed by atoms with Gasteiger partial charge in [-0.2, -0.15) is 0 Å². The van der Waals surface area contributed by atoms with Crippen LogP contribution in [0.25, 0.3) is 0 Å². The summed E-state index contributed by atoms with van der Waals surface area (Å²) in [5.41, 5.74) is -0.0555. The maximum absolute atomic E-state index is 11.8. The first-order valence-electron chi connectivity index (χ1n) is 5.12. The van der Waals surface area contributed by atoms with Crippen LogP contribution in [-0.4, -0.2) is 14.5 Å². The fraction of sp³-hybridized carbons (Fsp3) is 0.0909. The molecule has 0 unspecified atom stereocenters. The van der Waals surface area contributed by atoms with Crippen molar-refractivity contribution in [1.82, 2.24) is 9.55 Å². The summed E-state index contributed by atoms with van der Waals surface area (Å²) in [4.78, 5) is 26.1. The van der Waals surface area contributed by atoms with Crippen LogP contribution in [0.5, 0.6) is 0 Å². The Hall–Kier alpha value is -1.73. The Morgan fingerprint density at radius 3 is 2.89 bits per heavy atom. The molecule has 1 heterocycles. The van der Waals surface area contributed by atoms with E-state index in [-0.39, 0.29) is 17.8 Å². The highest BCUT2D eigenvalue weighted by Gasteiger charge is 2.15. The fourth-order valence-corrected chi connectivity index (χ4v) is 2.12. The minimum atomic E-state index is -0.512. The first-order chi connectivity index (χ1) is 8.99. The Balaban J connectivity index is 2.48. The molecule has 2 aromatic rings. The molecule has 0 aliphatic carbocycles. The predicted octanol–water partition coefficient (Wildman–Crippen LogP) is 2.62. The minimum Gasteiger partial charge on any atom is -0.294 e. The molecule has 0 fully saturated rings. The number of hydrogen-bond acceptors (Lipinski definition) is 4. The summed E-state index contributed by atoms with van der Waals surface area (Å²) in [5.74, 6) is 0. The van der Waals surface area contributed by atoms with Crippen molar-refractivity contribution in [3.05, 3.63) is 66.3 Å². The molecule has 98 valence electrons. The van der Waals surface area contributed by atoms with Crippen molar-refractivity contribution in [2.24, 2.45) is 0 Å². The number of nitro benzene ring substituents is 1. The lowest BCUT2D eigenvalue weighted by molar-refractivity contribution is -0.385. The highest BCUT2D eigenvalue weighted by atomic mass is 79.9. The lowest BCUT2D eigenvalue weighted by atomic mass is 10.2. The fourth-order valence-electron chi connectivity index (χ4n) is 1.58. The molecule has 0 saturated heterocycles. The molecule has 0 bridgehead atoms. The van der Waals surface area contributed by atoms with E-state index in [1.807, 2.05) is 0 Å². The average Bonchev–Trinajstić information content (AvgIpc) is 2.35. The normalized spacial score (nSPS) is 10.4. The Labute approximate surface area is 120 Å². The van der Waals surface area contributed by atoms with Crippen LogP contribution in [0.2, 0.25) is 5.02 Å². The molecule has 0 atom stereocenters. The molecular weight excluding hydrogens is 337 g/mol. The summed E-state index contributed by atoms with van der Waals surface area (Å²) in [6.45, 7) is 0.0299. The third kappa shape index (κ3) is 2.99. The summed E-state index contributed by atoms with van der Waals surface area (Å²) < 4.78 is 1.56. The maximum atomic E-state index is 11.8. The summed E-state index contributed by atoms with van der Waals surface area (Å²) in [5, 5.41) is 11.3. The Morgan fingerprint density at radius 1 is 1.47 bits per heavy atom. The number of nitrogens with zero attached hydrogens (tertiary/aromatic N) is 3. The van der Waals surface area contributed by atoms with Gasteiger partial charge in [0.1, 0.15) is 4.47 Å². The van der Waals surface area contributed by atoms with Crippen LogP contribution in [0.15, 0.2) is 40.0 Å². The number of benzene rings is 1. The summed E-state index contributed by atoms with van der Waals surface area (Å²) in [7, 11) is 0. The van der Waals surface area contributed by atoms with Crippen molar-refractivity contribution in [3.63, 3.8) is 0 Å².